The van der Waals surface area contributed by atoms with Gasteiger partial charge in [0.05, 0.1) is 5.02 Å². The van der Waals surface area contributed by atoms with Gasteiger partial charge < -0.3 is 15.0 Å². The molecule has 2 aromatic rings. The van der Waals surface area contributed by atoms with E-state index >= 15 is 0 Å². The van der Waals surface area contributed by atoms with E-state index in [1.165, 1.54) is 4.90 Å². The topological polar surface area (TPSA) is 58.6 Å². The van der Waals surface area contributed by atoms with Crippen LogP contribution in [0.1, 0.15) is 26.3 Å². The first kappa shape index (κ1) is 23.3. The second-order valence-electron chi connectivity index (χ2n) is 6.82. The zero-order valence-corrected chi connectivity index (χ0v) is 18.7. The average molecular weight is 458 g/mol. The van der Waals surface area contributed by atoms with Gasteiger partial charge in [-0.15, -0.1) is 0 Å². The van der Waals surface area contributed by atoms with Crippen LogP contribution < -0.4 is 10.1 Å². The maximum atomic E-state index is 13.0. The Morgan fingerprint density at radius 1 is 1.03 bits per heavy atom. The van der Waals surface area contributed by atoms with Gasteiger partial charge in [0, 0.05) is 22.6 Å². The van der Waals surface area contributed by atoms with Crippen molar-refractivity contribution in [2.24, 2.45) is 0 Å². The highest BCUT2D eigenvalue weighted by Gasteiger charge is 2.27. The number of amides is 2. The van der Waals surface area contributed by atoms with Crippen molar-refractivity contribution in [1.29, 1.82) is 0 Å². The zero-order valence-electron chi connectivity index (χ0n) is 16.4. The minimum Gasteiger partial charge on any atom is -0.482 e. The van der Waals surface area contributed by atoms with Crippen LogP contribution in [0.4, 0.5) is 0 Å². The summed E-state index contributed by atoms with van der Waals surface area (Å²) in [5, 5.41) is 4.13. The summed E-state index contributed by atoms with van der Waals surface area (Å²) in [5.74, 6) is -0.246. The number of hydrogen-bond donors (Lipinski definition) is 1. The number of nitrogens with one attached hydrogen (secondary N) is 1. The molecular formula is C21H23Cl3N2O3. The Balaban J connectivity index is 2.21. The van der Waals surface area contributed by atoms with Crippen LogP contribution in [-0.2, 0) is 16.1 Å². The molecule has 2 rings (SSSR count). The van der Waals surface area contributed by atoms with Gasteiger partial charge in [-0.3, -0.25) is 9.59 Å². The molecular weight excluding hydrogens is 435 g/mol. The van der Waals surface area contributed by atoms with Crippen LogP contribution in [0.25, 0.3) is 0 Å². The molecule has 0 unspecified atom stereocenters. The normalized spacial score (nSPS) is 11.8. The Bertz CT molecular complexity index is 874. The molecule has 0 aliphatic carbocycles. The Kier molecular flexibility index (Phi) is 8.62. The van der Waals surface area contributed by atoms with E-state index in [4.69, 9.17) is 39.5 Å². The Morgan fingerprint density at radius 3 is 2.34 bits per heavy atom. The van der Waals surface area contributed by atoms with Gasteiger partial charge in [0.2, 0.25) is 5.91 Å². The lowest BCUT2D eigenvalue weighted by Gasteiger charge is -2.29. The highest BCUT2D eigenvalue weighted by atomic mass is 35.5. The molecule has 8 heteroatoms. The first-order chi connectivity index (χ1) is 13.7. The van der Waals surface area contributed by atoms with Gasteiger partial charge in [-0.1, -0.05) is 53.0 Å². The molecule has 0 radical (unpaired) electrons. The number of rotatable bonds is 8. The predicted octanol–water partition coefficient (Wildman–Crippen LogP) is 4.97. The summed E-state index contributed by atoms with van der Waals surface area (Å²) in [6.07, 6.45) is 0. The first-order valence-electron chi connectivity index (χ1n) is 9.10. The molecule has 0 heterocycles. The number of ether oxygens (including phenoxy) is 1. The molecule has 0 spiro atoms. The van der Waals surface area contributed by atoms with E-state index in [-0.39, 0.29) is 31.0 Å². The second kappa shape index (κ2) is 10.7. The van der Waals surface area contributed by atoms with Crippen LogP contribution >= 0.6 is 34.8 Å². The number of halogens is 3. The van der Waals surface area contributed by atoms with Crippen LogP contribution in [0.2, 0.25) is 15.1 Å². The third-order valence-corrected chi connectivity index (χ3v) is 5.04. The number of carbonyl (C=O) groups is 2. The van der Waals surface area contributed by atoms with E-state index < -0.39 is 6.04 Å². The molecule has 2 aromatic carbocycles. The summed E-state index contributed by atoms with van der Waals surface area (Å²) in [7, 11) is 0. The van der Waals surface area contributed by atoms with E-state index in [1.807, 2.05) is 13.8 Å². The minimum absolute atomic E-state index is 0.0552. The standard InChI is InChI=1S/C21H23Cl3N2O3/c1-13(2)25-21(28)14(3)26(11-15-8-9-16(22)10-18(15)24)20(27)12-29-19-7-5-4-6-17(19)23/h4-10,13-14H,11-12H2,1-3H3,(H,25,28)/t14-/m1/s1. The van der Waals surface area contributed by atoms with Gasteiger partial charge in [0.1, 0.15) is 11.8 Å². The number of nitrogens with zero attached hydrogens (tertiary/aromatic N) is 1. The highest BCUT2D eigenvalue weighted by molar-refractivity contribution is 6.35. The lowest BCUT2D eigenvalue weighted by atomic mass is 10.1. The summed E-state index contributed by atoms with van der Waals surface area (Å²) in [6.45, 7) is 5.23. The quantitative estimate of drug-likeness (QED) is 0.609. The molecule has 29 heavy (non-hydrogen) atoms. The van der Waals surface area contributed by atoms with Gasteiger partial charge >= 0.3 is 0 Å². The Hall–Kier alpha value is -1.95. The monoisotopic (exact) mass is 456 g/mol. The number of para-hydroxylation sites is 1. The summed E-state index contributed by atoms with van der Waals surface area (Å²) in [6, 6.07) is 11.1. The van der Waals surface area contributed by atoms with Crippen molar-refractivity contribution in [1.82, 2.24) is 10.2 Å². The van der Waals surface area contributed by atoms with Crippen molar-refractivity contribution in [3.63, 3.8) is 0 Å². The average Bonchev–Trinajstić information content (AvgIpc) is 2.65. The Morgan fingerprint density at radius 2 is 1.72 bits per heavy atom. The van der Waals surface area contributed by atoms with Gasteiger partial charge in [-0.25, -0.2) is 0 Å². The van der Waals surface area contributed by atoms with Crippen molar-refractivity contribution >= 4 is 46.6 Å². The summed E-state index contributed by atoms with van der Waals surface area (Å²) in [5.41, 5.74) is 0.673. The van der Waals surface area contributed by atoms with Gasteiger partial charge in [-0.05, 0) is 50.6 Å². The fraction of sp³-hybridized carbons (Fsp3) is 0.333. The number of hydrogen-bond acceptors (Lipinski definition) is 3. The lowest BCUT2D eigenvalue weighted by Crippen LogP contribution is -2.50. The molecule has 0 aromatic heterocycles. The predicted molar refractivity (Wildman–Crippen MR) is 117 cm³/mol. The maximum absolute atomic E-state index is 13.0. The molecule has 156 valence electrons. The zero-order chi connectivity index (χ0) is 21.6. The van der Waals surface area contributed by atoms with Crippen molar-refractivity contribution in [3.8, 4) is 5.75 Å². The second-order valence-corrected chi connectivity index (χ2v) is 8.07. The minimum atomic E-state index is -0.730. The third kappa shape index (κ3) is 6.81. The highest BCUT2D eigenvalue weighted by Crippen LogP contribution is 2.25. The summed E-state index contributed by atoms with van der Waals surface area (Å²) < 4.78 is 5.57. The lowest BCUT2D eigenvalue weighted by molar-refractivity contribution is -0.142. The van der Waals surface area contributed by atoms with Crippen LogP contribution in [0.5, 0.6) is 5.75 Å². The number of carbonyl (C=O) groups excluding carboxylic acids is 2. The van der Waals surface area contributed by atoms with Crippen molar-refractivity contribution in [2.45, 2.75) is 39.4 Å². The van der Waals surface area contributed by atoms with Gasteiger partial charge in [0.25, 0.3) is 5.91 Å². The van der Waals surface area contributed by atoms with Crippen molar-refractivity contribution in [2.75, 3.05) is 6.61 Å². The van der Waals surface area contributed by atoms with Crippen LogP contribution in [0, 0.1) is 0 Å². The fourth-order valence-electron chi connectivity index (χ4n) is 2.61. The van der Waals surface area contributed by atoms with Crippen LogP contribution in [-0.4, -0.2) is 35.4 Å². The van der Waals surface area contributed by atoms with Crippen LogP contribution in [0.15, 0.2) is 42.5 Å². The molecule has 0 aliphatic rings. The van der Waals surface area contributed by atoms with E-state index in [1.54, 1.807) is 49.4 Å². The van der Waals surface area contributed by atoms with Gasteiger partial charge in [0.15, 0.2) is 6.61 Å². The Labute approximate surface area is 185 Å². The first-order valence-corrected chi connectivity index (χ1v) is 10.2. The van der Waals surface area contributed by atoms with Crippen molar-refractivity contribution in [3.05, 3.63) is 63.1 Å². The largest absolute Gasteiger partial charge is 0.482 e. The molecule has 0 bridgehead atoms. The molecule has 0 aliphatic heterocycles. The molecule has 0 saturated carbocycles. The van der Waals surface area contributed by atoms with E-state index in [2.05, 4.69) is 5.32 Å². The molecule has 0 saturated heterocycles. The molecule has 1 atom stereocenters. The maximum Gasteiger partial charge on any atom is 0.261 e. The SMILES string of the molecule is CC(C)NC(=O)[C@@H](C)N(Cc1ccc(Cl)cc1Cl)C(=O)COc1ccccc1Cl. The third-order valence-electron chi connectivity index (χ3n) is 4.14. The molecule has 1 N–H and O–H groups in total. The van der Waals surface area contributed by atoms with E-state index in [0.717, 1.165) is 0 Å². The van der Waals surface area contributed by atoms with Crippen LogP contribution in [0.3, 0.4) is 0 Å². The van der Waals surface area contributed by atoms with Crippen molar-refractivity contribution < 1.29 is 14.3 Å². The number of benzene rings is 2. The molecule has 2 amide bonds. The van der Waals surface area contributed by atoms with Gasteiger partial charge in [-0.2, -0.15) is 0 Å². The van der Waals surface area contributed by atoms with E-state index in [9.17, 15) is 9.59 Å². The molecule has 0 fully saturated rings. The van der Waals surface area contributed by atoms with E-state index in [0.29, 0.717) is 26.4 Å². The smallest absolute Gasteiger partial charge is 0.261 e. The summed E-state index contributed by atoms with van der Waals surface area (Å²) >= 11 is 18.3. The summed E-state index contributed by atoms with van der Waals surface area (Å²) in [4.78, 5) is 26.9. The molecule has 5 nitrogen and oxygen atoms in total. The fourth-order valence-corrected chi connectivity index (χ4v) is 3.26.